The number of benzene rings is 2. The van der Waals surface area contributed by atoms with Gasteiger partial charge in [0.05, 0.1) is 4.90 Å². The molecule has 0 atom stereocenters. The summed E-state index contributed by atoms with van der Waals surface area (Å²) in [7, 11) is -3.39. The summed E-state index contributed by atoms with van der Waals surface area (Å²) in [5, 5.41) is 2.05. The van der Waals surface area contributed by atoms with Crippen LogP contribution in [-0.2, 0) is 10.0 Å². The first kappa shape index (κ1) is 16.1. The minimum Gasteiger partial charge on any atom is -0.300 e. The Morgan fingerprint density at radius 3 is 2.21 bits per heavy atom. The van der Waals surface area contributed by atoms with Crippen molar-refractivity contribution in [1.29, 1.82) is 0 Å². The Kier molecular flexibility index (Phi) is 4.33. The molecule has 2 aliphatic rings. The predicted octanol–water partition coefficient (Wildman–Crippen LogP) is 3.09. The highest BCUT2D eigenvalue weighted by molar-refractivity contribution is 7.89. The molecule has 0 radical (unpaired) electrons. The summed E-state index contributed by atoms with van der Waals surface area (Å²) in [6.45, 7) is 3.64. The van der Waals surface area contributed by atoms with Crippen molar-refractivity contribution in [3.05, 3.63) is 42.5 Å². The molecule has 2 fully saturated rings. The first-order valence-electron chi connectivity index (χ1n) is 8.88. The van der Waals surface area contributed by atoms with Gasteiger partial charge in [-0.3, -0.25) is 0 Å². The van der Waals surface area contributed by atoms with Crippen molar-refractivity contribution in [3.63, 3.8) is 0 Å². The second-order valence-electron chi connectivity index (χ2n) is 6.89. The maximum absolute atomic E-state index is 13.0. The molecule has 0 spiro atoms. The molecule has 0 amide bonds. The number of hydrogen-bond donors (Lipinski definition) is 0. The highest BCUT2D eigenvalue weighted by atomic mass is 32.2. The Bertz CT molecular complexity index is 820. The van der Waals surface area contributed by atoms with Gasteiger partial charge in [0.15, 0.2) is 0 Å². The van der Waals surface area contributed by atoms with Gasteiger partial charge in [0.2, 0.25) is 10.0 Å². The molecule has 24 heavy (non-hydrogen) atoms. The smallest absolute Gasteiger partial charge is 0.243 e. The summed E-state index contributed by atoms with van der Waals surface area (Å²) >= 11 is 0. The molecule has 2 aromatic rings. The summed E-state index contributed by atoms with van der Waals surface area (Å²) < 4.78 is 27.6. The van der Waals surface area contributed by atoms with E-state index in [-0.39, 0.29) is 0 Å². The molecule has 4 rings (SSSR count). The molecule has 5 heteroatoms. The lowest BCUT2D eigenvalue weighted by Gasteiger charge is -2.36. The van der Waals surface area contributed by atoms with E-state index in [9.17, 15) is 8.42 Å². The molecule has 0 saturated carbocycles. The van der Waals surface area contributed by atoms with Crippen molar-refractivity contribution >= 4 is 20.8 Å². The van der Waals surface area contributed by atoms with Crippen LogP contribution in [0, 0.1) is 0 Å². The highest BCUT2D eigenvalue weighted by Gasteiger charge is 2.32. The fourth-order valence-corrected chi connectivity index (χ4v) is 5.54. The lowest BCUT2D eigenvalue weighted by Crippen LogP contribution is -2.45. The van der Waals surface area contributed by atoms with Gasteiger partial charge in [0.25, 0.3) is 0 Å². The number of fused-ring (bicyclic) bond motifs is 1. The SMILES string of the molecule is O=S(=O)(c1ccc2ccccc2c1)N1CCC(N2CCCC2)CC1. The van der Waals surface area contributed by atoms with Gasteiger partial charge in [-0.05, 0) is 61.7 Å². The Balaban J connectivity index is 1.52. The van der Waals surface area contributed by atoms with E-state index >= 15 is 0 Å². The maximum Gasteiger partial charge on any atom is 0.243 e. The van der Waals surface area contributed by atoms with E-state index in [0.29, 0.717) is 24.0 Å². The third-order valence-electron chi connectivity index (χ3n) is 5.44. The standard InChI is InChI=1S/C19H24N2O2S/c22-24(23,19-8-7-16-5-1-2-6-17(16)15-19)21-13-9-18(10-14-21)20-11-3-4-12-20/h1-2,5-8,15,18H,3-4,9-14H2. The van der Waals surface area contributed by atoms with Gasteiger partial charge in [-0.2, -0.15) is 4.31 Å². The molecule has 2 aromatic carbocycles. The van der Waals surface area contributed by atoms with E-state index in [4.69, 9.17) is 0 Å². The predicted molar refractivity (Wildman–Crippen MR) is 96.5 cm³/mol. The third-order valence-corrected chi connectivity index (χ3v) is 7.33. The number of rotatable bonds is 3. The molecule has 2 saturated heterocycles. The van der Waals surface area contributed by atoms with Crippen molar-refractivity contribution in [2.45, 2.75) is 36.6 Å². The van der Waals surface area contributed by atoms with Crippen molar-refractivity contribution < 1.29 is 8.42 Å². The van der Waals surface area contributed by atoms with Gasteiger partial charge in [-0.15, -0.1) is 0 Å². The Morgan fingerprint density at radius 1 is 0.833 bits per heavy atom. The fraction of sp³-hybridized carbons (Fsp3) is 0.474. The van der Waals surface area contributed by atoms with Gasteiger partial charge in [-0.25, -0.2) is 8.42 Å². The number of nitrogens with zero attached hydrogens (tertiary/aromatic N) is 2. The van der Waals surface area contributed by atoms with Crippen LogP contribution >= 0.6 is 0 Å². The molecular weight excluding hydrogens is 320 g/mol. The minimum atomic E-state index is -3.39. The fourth-order valence-electron chi connectivity index (χ4n) is 4.03. The van der Waals surface area contributed by atoms with Crippen LogP contribution in [0.1, 0.15) is 25.7 Å². The van der Waals surface area contributed by atoms with E-state index < -0.39 is 10.0 Å². The first-order chi connectivity index (χ1) is 11.6. The molecule has 4 nitrogen and oxygen atoms in total. The van der Waals surface area contributed by atoms with Crippen LogP contribution in [0.4, 0.5) is 0 Å². The van der Waals surface area contributed by atoms with Crippen molar-refractivity contribution in [1.82, 2.24) is 9.21 Å². The Hall–Kier alpha value is -1.43. The highest BCUT2D eigenvalue weighted by Crippen LogP contribution is 2.27. The number of likely N-dealkylation sites (tertiary alicyclic amines) is 1. The summed E-state index contributed by atoms with van der Waals surface area (Å²) in [6.07, 6.45) is 4.48. The van der Waals surface area contributed by atoms with Crippen LogP contribution < -0.4 is 0 Å². The van der Waals surface area contributed by atoms with Crippen molar-refractivity contribution in [3.8, 4) is 0 Å². The molecule has 0 unspecified atom stereocenters. The summed E-state index contributed by atoms with van der Waals surface area (Å²) in [5.74, 6) is 0. The zero-order valence-electron chi connectivity index (χ0n) is 13.9. The van der Waals surface area contributed by atoms with Crippen molar-refractivity contribution in [2.24, 2.45) is 0 Å². The third kappa shape index (κ3) is 2.96. The molecule has 0 N–H and O–H groups in total. The average Bonchev–Trinajstić information content (AvgIpc) is 3.16. The number of piperidine rings is 1. The Morgan fingerprint density at radius 2 is 1.50 bits per heavy atom. The van der Waals surface area contributed by atoms with Crippen LogP contribution in [-0.4, -0.2) is 49.8 Å². The monoisotopic (exact) mass is 344 g/mol. The van der Waals surface area contributed by atoms with Gasteiger partial charge >= 0.3 is 0 Å². The normalized spacial score (nSPS) is 21.5. The van der Waals surface area contributed by atoms with Crippen LogP contribution in [0.15, 0.2) is 47.4 Å². The summed E-state index contributed by atoms with van der Waals surface area (Å²) in [4.78, 5) is 2.96. The van der Waals surface area contributed by atoms with Crippen LogP contribution in [0.2, 0.25) is 0 Å². The first-order valence-corrected chi connectivity index (χ1v) is 10.3. The van der Waals surface area contributed by atoms with Gasteiger partial charge in [-0.1, -0.05) is 30.3 Å². The number of sulfonamides is 1. The number of hydrogen-bond acceptors (Lipinski definition) is 3. The van der Waals surface area contributed by atoms with Gasteiger partial charge < -0.3 is 4.90 Å². The van der Waals surface area contributed by atoms with Gasteiger partial charge in [0, 0.05) is 19.1 Å². The molecule has 0 aromatic heterocycles. The van der Waals surface area contributed by atoms with Crippen LogP contribution in [0.3, 0.4) is 0 Å². The maximum atomic E-state index is 13.0. The topological polar surface area (TPSA) is 40.6 Å². The minimum absolute atomic E-state index is 0.417. The van der Waals surface area contributed by atoms with Gasteiger partial charge in [0.1, 0.15) is 0 Å². The Labute approximate surface area is 144 Å². The van der Waals surface area contributed by atoms with Crippen molar-refractivity contribution in [2.75, 3.05) is 26.2 Å². The quantitative estimate of drug-likeness (QED) is 0.859. The molecular formula is C19H24N2O2S. The van der Waals surface area contributed by atoms with E-state index in [0.717, 1.165) is 23.6 Å². The second kappa shape index (κ2) is 6.47. The molecule has 0 bridgehead atoms. The largest absolute Gasteiger partial charge is 0.300 e. The molecule has 2 aliphatic heterocycles. The van der Waals surface area contributed by atoms with E-state index in [1.54, 1.807) is 16.4 Å². The van der Waals surface area contributed by atoms with E-state index in [2.05, 4.69) is 4.90 Å². The van der Waals surface area contributed by atoms with Crippen LogP contribution in [0.5, 0.6) is 0 Å². The second-order valence-corrected chi connectivity index (χ2v) is 8.83. The lowest BCUT2D eigenvalue weighted by atomic mass is 10.1. The molecule has 128 valence electrons. The van der Waals surface area contributed by atoms with Crippen LogP contribution in [0.25, 0.3) is 10.8 Å². The molecule has 0 aliphatic carbocycles. The zero-order chi connectivity index (χ0) is 16.6. The summed E-state index contributed by atoms with van der Waals surface area (Å²) in [6, 6.07) is 13.9. The average molecular weight is 344 g/mol. The van der Waals surface area contributed by atoms with E-state index in [1.807, 2.05) is 30.3 Å². The zero-order valence-corrected chi connectivity index (χ0v) is 14.7. The van der Waals surface area contributed by atoms with E-state index in [1.165, 1.54) is 25.9 Å². The molecule has 2 heterocycles. The summed E-state index contributed by atoms with van der Waals surface area (Å²) in [5.41, 5.74) is 0. The lowest BCUT2D eigenvalue weighted by molar-refractivity contribution is 0.168.